The molecule has 0 bridgehead atoms. The molecule has 2 heterocycles. The molecule has 0 saturated carbocycles. The summed E-state index contributed by atoms with van der Waals surface area (Å²) in [6.45, 7) is 3.89. The second kappa shape index (κ2) is 8.31. The number of piperazine rings is 1. The van der Waals surface area contributed by atoms with E-state index in [1.807, 2.05) is 17.0 Å². The van der Waals surface area contributed by atoms with Crippen LogP contribution in [0.5, 0.6) is 0 Å². The molecule has 26 heavy (non-hydrogen) atoms. The molecule has 1 aromatic rings. The summed E-state index contributed by atoms with van der Waals surface area (Å²) in [5.41, 5.74) is 1.58. The molecule has 0 radical (unpaired) electrons. The largest absolute Gasteiger partial charge is 0.383 e. The lowest BCUT2D eigenvalue weighted by Crippen LogP contribution is -2.54. The molecular weight excluding hydrogens is 334 g/mol. The number of methoxy groups -OCH3 is 1. The topological polar surface area (TPSA) is 70.2 Å². The highest BCUT2D eigenvalue weighted by molar-refractivity contribution is 6.35. The maximum absolute atomic E-state index is 12.4. The van der Waals surface area contributed by atoms with Crippen LogP contribution in [-0.2, 0) is 20.9 Å². The van der Waals surface area contributed by atoms with E-state index < -0.39 is 11.8 Å². The van der Waals surface area contributed by atoms with Crippen LogP contribution in [0.1, 0.15) is 28.8 Å². The van der Waals surface area contributed by atoms with Gasteiger partial charge >= 0.3 is 11.8 Å². The van der Waals surface area contributed by atoms with Crippen LogP contribution < -0.4 is 0 Å². The zero-order valence-electron chi connectivity index (χ0n) is 15.1. The minimum Gasteiger partial charge on any atom is -0.383 e. The van der Waals surface area contributed by atoms with Crippen molar-refractivity contribution in [2.24, 2.45) is 0 Å². The quantitative estimate of drug-likeness (QED) is 0.703. The number of rotatable bonds is 6. The molecule has 0 N–H and O–H groups in total. The lowest BCUT2D eigenvalue weighted by Gasteiger charge is -2.33. The van der Waals surface area contributed by atoms with E-state index in [0.29, 0.717) is 38.3 Å². The van der Waals surface area contributed by atoms with Gasteiger partial charge in [0.05, 0.1) is 6.61 Å². The number of nitrogens with zero attached hydrogens (tertiary/aromatic N) is 3. The highest BCUT2D eigenvalue weighted by atomic mass is 16.5. The maximum Gasteiger partial charge on any atom is 0.312 e. The van der Waals surface area contributed by atoms with Crippen LogP contribution in [0, 0.1) is 0 Å². The molecule has 2 saturated heterocycles. The molecule has 0 aliphatic carbocycles. The van der Waals surface area contributed by atoms with Gasteiger partial charge in [-0.3, -0.25) is 14.4 Å². The van der Waals surface area contributed by atoms with Crippen LogP contribution in [0.15, 0.2) is 24.3 Å². The summed E-state index contributed by atoms with van der Waals surface area (Å²) in [7, 11) is 1.57. The average Bonchev–Trinajstić information content (AvgIpc) is 3.20. The Balaban J connectivity index is 1.58. The van der Waals surface area contributed by atoms with Crippen molar-refractivity contribution in [3.05, 3.63) is 35.4 Å². The first kappa shape index (κ1) is 18.4. The lowest BCUT2D eigenvalue weighted by atomic mass is 10.1. The molecule has 3 amide bonds. The van der Waals surface area contributed by atoms with Crippen molar-refractivity contribution in [2.45, 2.75) is 19.4 Å². The Morgan fingerprint density at radius 1 is 0.962 bits per heavy atom. The van der Waals surface area contributed by atoms with E-state index in [9.17, 15) is 14.4 Å². The molecule has 0 atom stereocenters. The van der Waals surface area contributed by atoms with Gasteiger partial charge in [-0.05, 0) is 30.5 Å². The second-order valence-corrected chi connectivity index (χ2v) is 6.71. The molecular formula is C19H25N3O4. The normalized spacial score (nSPS) is 18.0. The predicted molar refractivity (Wildman–Crippen MR) is 95.5 cm³/mol. The Morgan fingerprint density at radius 3 is 2.23 bits per heavy atom. The number of carbonyl (C=O) groups is 3. The summed E-state index contributed by atoms with van der Waals surface area (Å²) in [5, 5.41) is 0. The Bertz CT molecular complexity index is 668. The van der Waals surface area contributed by atoms with Gasteiger partial charge in [-0.15, -0.1) is 0 Å². The number of hydrogen-bond acceptors (Lipinski definition) is 4. The number of likely N-dealkylation sites (tertiary alicyclic amines) is 1. The number of amides is 3. The Morgan fingerprint density at radius 2 is 1.58 bits per heavy atom. The SMILES string of the molecule is COCCN1CCN(Cc2ccc(C(=O)N3CCCC3)cc2)C(=O)C1=O. The number of hydrogen-bond donors (Lipinski definition) is 0. The van der Waals surface area contributed by atoms with Crippen molar-refractivity contribution in [1.82, 2.24) is 14.7 Å². The highest BCUT2D eigenvalue weighted by Gasteiger charge is 2.32. The third kappa shape index (κ3) is 4.04. The lowest BCUT2D eigenvalue weighted by molar-refractivity contribution is -0.156. The second-order valence-electron chi connectivity index (χ2n) is 6.71. The number of carbonyl (C=O) groups excluding carboxylic acids is 3. The van der Waals surface area contributed by atoms with E-state index in [0.717, 1.165) is 31.5 Å². The van der Waals surface area contributed by atoms with Crippen LogP contribution in [0.25, 0.3) is 0 Å². The molecule has 3 rings (SSSR count). The summed E-state index contributed by atoms with van der Waals surface area (Å²) in [5.74, 6) is -0.897. The van der Waals surface area contributed by atoms with Gasteiger partial charge in [0, 0.05) is 51.9 Å². The maximum atomic E-state index is 12.4. The molecule has 0 spiro atoms. The molecule has 2 fully saturated rings. The average molecular weight is 359 g/mol. The molecule has 7 heteroatoms. The van der Waals surface area contributed by atoms with Crippen molar-refractivity contribution in [3.8, 4) is 0 Å². The third-order valence-electron chi connectivity index (χ3n) is 4.93. The van der Waals surface area contributed by atoms with Crippen LogP contribution in [0.4, 0.5) is 0 Å². The molecule has 140 valence electrons. The fourth-order valence-corrected chi connectivity index (χ4v) is 3.36. The van der Waals surface area contributed by atoms with Gasteiger partial charge in [0.15, 0.2) is 0 Å². The summed E-state index contributed by atoms with van der Waals surface area (Å²) in [6.07, 6.45) is 2.13. The van der Waals surface area contributed by atoms with Gasteiger partial charge in [0.25, 0.3) is 5.91 Å². The zero-order chi connectivity index (χ0) is 18.5. The van der Waals surface area contributed by atoms with Crippen molar-refractivity contribution in [2.75, 3.05) is 46.4 Å². The zero-order valence-corrected chi connectivity index (χ0v) is 15.1. The van der Waals surface area contributed by atoms with Gasteiger partial charge in [0.2, 0.25) is 0 Å². The van der Waals surface area contributed by atoms with E-state index in [4.69, 9.17) is 4.74 Å². The van der Waals surface area contributed by atoms with Crippen molar-refractivity contribution < 1.29 is 19.1 Å². The van der Waals surface area contributed by atoms with E-state index in [-0.39, 0.29) is 5.91 Å². The van der Waals surface area contributed by atoms with Gasteiger partial charge in [-0.25, -0.2) is 0 Å². The van der Waals surface area contributed by atoms with Crippen LogP contribution in [0.3, 0.4) is 0 Å². The standard InChI is InChI=1S/C19H25N3O4/c1-26-13-12-21-10-11-22(19(25)18(21)24)14-15-4-6-16(7-5-15)17(23)20-8-2-3-9-20/h4-7H,2-3,8-14H2,1H3. The minimum absolute atomic E-state index is 0.0621. The van der Waals surface area contributed by atoms with Crippen molar-refractivity contribution in [3.63, 3.8) is 0 Å². The monoisotopic (exact) mass is 359 g/mol. The van der Waals surface area contributed by atoms with Crippen LogP contribution in [-0.4, -0.2) is 78.9 Å². The molecule has 2 aliphatic heterocycles. The fourth-order valence-electron chi connectivity index (χ4n) is 3.36. The Kier molecular flexibility index (Phi) is 5.88. The van der Waals surface area contributed by atoms with Gasteiger partial charge in [0.1, 0.15) is 0 Å². The van der Waals surface area contributed by atoms with E-state index in [2.05, 4.69) is 0 Å². The van der Waals surface area contributed by atoms with E-state index in [1.165, 1.54) is 4.90 Å². The van der Waals surface area contributed by atoms with Crippen molar-refractivity contribution in [1.29, 1.82) is 0 Å². The smallest absolute Gasteiger partial charge is 0.312 e. The van der Waals surface area contributed by atoms with E-state index >= 15 is 0 Å². The van der Waals surface area contributed by atoms with Gasteiger partial charge in [-0.1, -0.05) is 12.1 Å². The first-order chi connectivity index (χ1) is 12.6. The fraction of sp³-hybridized carbons (Fsp3) is 0.526. The molecule has 0 unspecified atom stereocenters. The van der Waals surface area contributed by atoms with Crippen LogP contribution in [0.2, 0.25) is 0 Å². The van der Waals surface area contributed by atoms with Crippen LogP contribution >= 0.6 is 0 Å². The Hall–Kier alpha value is -2.41. The summed E-state index contributed by atoms with van der Waals surface area (Å²) >= 11 is 0. The first-order valence-corrected chi connectivity index (χ1v) is 9.05. The molecule has 7 nitrogen and oxygen atoms in total. The summed E-state index contributed by atoms with van der Waals surface area (Å²) in [4.78, 5) is 41.8. The predicted octanol–water partition coefficient (Wildman–Crippen LogP) is 0.740. The summed E-state index contributed by atoms with van der Waals surface area (Å²) in [6, 6.07) is 7.32. The molecule has 2 aliphatic rings. The number of benzene rings is 1. The molecule has 0 aromatic heterocycles. The summed E-state index contributed by atoms with van der Waals surface area (Å²) < 4.78 is 4.97. The third-order valence-corrected chi connectivity index (χ3v) is 4.93. The van der Waals surface area contributed by atoms with Gasteiger partial charge in [-0.2, -0.15) is 0 Å². The van der Waals surface area contributed by atoms with Crippen molar-refractivity contribution >= 4 is 17.7 Å². The molecule has 1 aromatic carbocycles. The first-order valence-electron chi connectivity index (χ1n) is 9.05. The van der Waals surface area contributed by atoms with E-state index in [1.54, 1.807) is 24.1 Å². The minimum atomic E-state index is -0.482. The van der Waals surface area contributed by atoms with Gasteiger partial charge < -0.3 is 19.4 Å². The Labute approximate surface area is 153 Å². The number of ether oxygens (including phenoxy) is 1. The highest BCUT2D eigenvalue weighted by Crippen LogP contribution is 2.15.